The summed E-state index contributed by atoms with van der Waals surface area (Å²) < 4.78 is 0.217. The van der Waals surface area contributed by atoms with E-state index in [0.717, 1.165) is 11.3 Å². The maximum absolute atomic E-state index is 13.3. The molecule has 0 aliphatic rings. The van der Waals surface area contributed by atoms with Gasteiger partial charge in [-0.15, -0.1) is 11.3 Å². The normalized spacial score (nSPS) is 11.7. The van der Waals surface area contributed by atoms with Crippen LogP contribution in [0.3, 0.4) is 0 Å². The van der Waals surface area contributed by atoms with Crippen LogP contribution < -0.4 is 21.7 Å². The summed E-state index contributed by atoms with van der Waals surface area (Å²) in [5.41, 5.74) is -1.10. The monoisotopic (exact) mass is 416 g/mol. The Bertz CT molecular complexity index is 1750. The molecule has 1 heterocycles. The minimum absolute atomic E-state index is 0.00126. The zero-order valence-corrected chi connectivity index (χ0v) is 16.2. The van der Waals surface area contributed by atoms with E-state index in [9.17, 15) is 24.0 Å². The first-order valence-corrected chi connectivity index (χ1v) is 9.99. The van der Waals surface area contributed by atoms with Gasteiger partial charge < -0.3 is 5.11 Å². The van der Waals surface area contributed by atoms with Crippen molar-refractivity contribution < 1.29 is 9.90 Å². The third-order valence-electron chi connectivity index (χ3n) is 5.39. The summed E-state index contributed by atoms with van der Waals surface area (Å²) in [6.07, 6.45) is 0.104. The van der Waals surface area contributed by atoms with E-state index in [1.54, 1.807) is 24.3 Å². The number of benzene rings is 4. The zero-order valence-electron chi connectivity index (χ0n) is 15.4. The second kappa shape index (κ2) is 6.40. The fourth-order valence-electron chi connectivity index (χ4n) is 3.96. The number of carbonyl (C=O) groups is 1. The molecule has 0 radical (unpaired) electrons. The molecule has 0 spiro atoms. The van der Waals surface area contributed by atoms with Crippen molar-refractivity contribution in [2.75, 3.05) is 0 Å². The lowest BCUT2D eigenvalue weighted by Crippen LogP contribution is -2.15. The molecule has 0 unspecified atom stereocenters. The fraction of sp³-hybridized carbons (Fsp3) is 0.0870. The summed E-state index contributed by atoms with van der Waals surface area (Å²) in [7, 11) is 0. The molecule has 0 amide bonds. The number of thiophene rings is 1. The fourth-order valence-corrected chi connectivity index (χ4v) is 5.16. The molecule has 0 atom stereocenters. The van der Waals surface area contributed by atoms with Crippen molar-refractivity contribution in [1.29, 1.82) is 0 Å². The molecule has 0 bridgehead atoms. The van der Waals surface area contributed by atoms with Crippen molar-refractivity contribution in [2.45, 2.75) is 12.8 Å². The van der Waals surface area contributed by atoms with Gasteiger partial charge in [-0.1, -0.05) is 30.3 Å². The van der Waals surface area contributed by atoms with Gasteiger partial charge in [-0.2, -0.15) is 0 Å². The van der Waals surface area contributed by atoms with Crippen LogP contribution in [0.2, 0.25) is 0 Å². The van der Waals surface area contributed by atoms with Gasteiger partial charge in [0.1, 0.15) is 0 Å². The first kappa shape index (κ1) is 18.3. The van der Waals surface area contributed by atoms with Crippen LogP contribution in [0.5, 0.6) is 0 Å². The van der Waals surface area contributed by atoms with Crippen LogP contribution in [-0.2, 0) is 11.2 Å². The van der Waals surface area contributed by atoms with Crippen LogP contribution in [0.25, 0.3) is 41.7 Å². The van der Waals surface area contributed by atoms with Crippen LogP contribution in [0.15, 0.2) is 61.6 Å². The molecule has 0 fully saturated rings. The van der Waals surface area contributed by atoms with Crippen molar-refractivity contribution in [3.8, 4) is 0 Å². The van der Waals surface area contributed by atoms with Crippen LogP contribution in [0.4, 0.5) is 0 Å². The molecular weight excluding hydrogens is 404 g/mol. The topological polar surface area (TPSA) is 106 Å². The zero-order chi connectivity index (χ0) is 21.2. The maximum atomic E-state index is 13.3. The van der Waals surface area contributed by atoms with Crippen molar-refractivity contribution in [3.63, 3.8) is 0 Å². The van der Waals surface area contributed by atoms with Gasteiger partial charge in [0.15, 0.2) is 10.9 Å². The number of aliphatic carboxylic acids is 1. The van der Waals surface area contributed by atoms with Crippen LogP contribution in [0.1, 0.15) is 12.0 Å². The lowest BCUT2D eigenvalue weighted by molar-refractivity contribution is -0.136. The number of aryl methyl sites for hydroxylation is 1. The van der Waals surface area contributed by atoms with E-state index in [0.29, 0.717) is 5.56 Å². The first-order chi connectivity index (χ1) is 14.4. The molecule has 0 aliphatic heterocycles. The van der Waals surface area contributed by atoms with Gasteiger partial charge in [0, 0.05) is 28.0 Å². The molecule has 4 aromatic carbocycles. The predicted molar refractivity (Wildman–Crippen MR) is 118 cm³/mol. The third kappa shape index (κ3) is 2.45. The van der Waals surface area contributed by atoms with Gasteiger partial charge in [-0.05, 0) is 24.1 Å². The van der Waals surface area contributed by atoms with E-state index in [-0.39, 0.29) is 60.0 Å². The smallest absolute Gasteiger partial charge is 0.303 e. The van der Waals surface area contributed by atoms with E-state index < -0.39 is 22.3 Å². The number of carboxylic acids is 1. The highest BCUT2D eigenvalue weighted by atomic mass is 32.1. The minimum Gasteiger partial charge on any atom is -0.481 e. The summed E-state index contributed by atoms with van der Waals surface area (Å²) in [4.78, 5) is 63.3. The highest BCUT2D eigenvalue weighted by molar-refractivity contribution is 7.25. The summed E-state index contributed by atoms with van der Waals surface area (Å²) in [5, 5.41) is 9.68. The Hall–Kier alpha value is -3.71. The molecule has 0 saturated carbocycles. The third-order valence-corrected chi connectivity index (χ3v) is 6.58. The van der Waals surface area contributed by atoms with Crippen molar-refractivity contribution in [2.24, 2.45) is 0 Å². The Labute approximate surface area is 170 Å². The average Bonchev–Trinajstić information content (AvgIpc) is 3.16. The number of hydrogen-bond donors (Lipinski definition) is 1. The standard InChI is InChI=1S/C23H12O6S/c24-15(25)8-6-10-5-7-13-14(9-10)19(27)17-16-18(26)11-3-1-2-4-12(11)20(28)22(16)30-23(17)21(13)29/h1-5,7,9H,6,8H2,(H,24,25). The summed E-state index contributed by atoms with van der Waals surface area (Å²) >= 11 is 0.889. The summed E-state index contributed by atoms with van der Waals surface area (Å²) in [6.45, 7) is 0. The highest BCUT2D eigenvalue weighted by Crippen LogP contribution is 2.29. The van der Waals surface area contributed by atoms with Gasteiger partial charge in [0.05, 0.1) is 20.2 Å². The molecule has 0 saturated heterocycles. The molecule has 5 aromatic rings. The number of hydrogen-bond acceptors (Lipinski definition) is 6. The Kier molecular flexibility index (Phi) is 3.91. The Morgan fingerprint density at radius 2 is 1.27 bits per heavy atom. The lowest BCUT2D eigenvalue weighted by Gasteiger charge is -2.02. The number of fused-ring (bicyclic) bond motifs is 5. The van der Waals surface area contributed by atoms with Crippen LogP contribution in [0, 0.1) is 0 Å². The Morgan fingerprint density at radius 1 is 0.733 bits per heavy atom. The van der Waals surface area contributed by atoms with Gasteiger partial charge in [-0.25, -0.2) is 0 Å². The van der Waals surface area contributed by atoms with Crippen molar-refractivity contribution in [1.82, 2.24) is 0 Å². The van der Waals surface area contributed by atoms with Crippen LogP contribution in [-0.4, -0.2) is 11.1 Å². The SMILES string of the molecule is O=C(O)CCc1ccc2c(=O)c3sc4c(=O)c5ccccc5c(=O)c4c3c(=O)c2c1. The molecule has 1 N–H and O–H groups in total. The summed E-state index contributed by atoms with van der Waals surface area (Å²) in [6, 6.07) is 11.0. The summed E-state index contributed by atoms with van der Waals surface area (Å²) in [5.74, 6) is -0.966. The van der Waals surface area contributed by atoms with E-state index in [1.165, 1.54) is 18.2 Å². The molecule has 5 rings (SSSR count). The molecule has 30 heavy (non-hydrogen) atoms. The van der Waals surface area contributed by atoms with Gasteiger partial charge >= 0.3 is 5.97 Å². The number of rotatable bonds is 3. The quantitative estimate of drug-likeness (QED) is 0.485. The molecular formula is C23H12O6S. The van der Waals surface area contributed by atoms with E-state index in [2.05, 4.69) is 0 Å². The molecule has 7 heteroatoms. The van der Waals surface area contributed by atoms with Gasteiger partial charge in [0.2, 0.25) is 10.9 Å². The first-order valence-electron chi connectivity index (χ1n) is 9.17. The highest BCUT2D eigenvalue weighted by Gasteiger charge is 2.21. The van der Waals surface area contributed by atoms with E-state index >= 15 is 0 Å². The van der Waals surface area contributed by atoms with Crippen molar-refractivity contribution in [3.05, 3.63) is 88.9 Å². The second-order valence-electron chi connectivity index (χ2n) is 7.15. The van der Waals surface area contributed by atoms with Crippen molar-refractivity contribution >= 4 is 59.0 Å². The minimum atomic E-state index is -0.966. The molecule has 146 valence electrons. The second-order valence-corrected chi connectivity index (χ2v) is 8.17. The molecule has 1 aromatic heterocycles. The largest absolute Gasteiger partial charge is 0.481 e. The van der Waals surface area contributed by atoms with E-state index in [4.69, 9.17) is 5.11 Å². The van der Waals surface area contributed by atoms with Gasteiger partial charge in [0.25, 0.3) is 0 Å². The van der Waals surface area contributed by atoms with Crippen LogP contribution >= 0.6 is 11.3 Å². The Morgan fingerprint density at radius 3 is 1.87 bits per heavy atom. The van der Waals surface area contributed by atoms with Gasteiger partial charge in [-0.3, -0.25) is 24.0 Å². The maximum Gasteiger partial charge on any atom is 0.303 e. The number of carboxylic acid groups (broad SMARTS) is 1. The molecule has 0 aliphatic carbocycles. The lowest BCUT2D eigenvalue weighted by atomic mass is 9.99. The molecule has 6 nitrogen and oxygen atoms in total. The Balaban J connectivity index is 1.98. The average molecular weight is 416 g/mol. The predicted octanol–water partition coefficient (Wildman–Crippen LogP) is 2.69. The van der Waals surface area contributed by atoms with E-state index in [1.807, 2.05) is 0 Å².